The van der Waals surface area contributed by atoms with Gasteiger partial charge in [-0.15, -0.1) is 0 Å². The van der Waals surface area contributed by atoms with Crippen molar-refractivity contribution in [3.05, 3.63) is 88.4 Å². The largest absolute Gasteiger partial charge is 0.497 e. The number of methoxy groups -OCH3 is 2. The molecule has 0 saturated heterocycles. The van der Waals surface area contributed by atoms with Gasteiger partial charge in [-0.1, -0.05) is 23.2 Å². The maximum absolute atomic E-state index is 6.09. The summed E-state index contributed by atoms with van der Waals surface area (Å²) in [5, 5.41) is 1.43. The zero-order chi connectivity index (χ0) is 18.5. The van der Waals surface area contributed by atoms with E-state index in [-0.39, 0.29) is 16.3 Å². The van der Waals surface area contributed by atoms with Crippen LogP contribution in [0, 0.1) is 0 Å². The van der Waals surface area contributed by atoms with Crippen molar-refractivity contribution in [2.45, 2.75) is 15.2 Å². The molecule has 0 aliphatic carbocycles. The minimum Gasteiger partial charge on any atom is -0.497 e. The van der Waals surface area contributed by atoms with Gasteiger partial charge in [0.1, 0.15) is 5.75 Å². The van der Waals surface area contributed by atoms with Crippen LogP contribution >= 0.6 is 23.2 Å². The third-order valence-electron chi connectivity index (χ3n) is 3.95. The zero-order valence-electron chi connectivity index (χ0n) is 14.5. The predicted molar refractivity (Wildman–Crippen MR) is 110 cm³/mol. The molecule has 134 valence electrons. The van der Waals surface area contributed by atoms with Crippen molar-refractivity contribution in [1.29, 1.82) is 0 Å². The van der Waals surface area contributed by atoms with Crippen LogP contribution in [0.5, 0.6) is 5.75 Å². The molecule has 0 radical (unpaired) electrons. The summed E-state index contributed by atoms with van der Waals surface area (Å²) < 4.78 is 11.2. The van der Waals surface area contributed by atoms with Gasteiger partial charge in [0.05, 0.1) is 18.0 Å². The van der Waals surface area contributed by atoms with Crippen molar-refractivity contribution in [2.75, 3.05) is 14.2 Å². The molecule has 3 rings (SSSR count). The highest BCUT2D eigenvalue weighted by molar-refractivity contribution is 7.97. The summed E-state index contributed by atoms with van der Waals surface area (Å²) in [7, 11) is 3.05. The molecule has 0 saturated carbocycles. The first-order valence-electron chi connectivity index (χ1n) is 8.03. The fraction of sp³-hybridized carbons (Fsp3) is 0.143. The van der Waals surface area contributed by atoms with E-state index in [4.69, 9.17) is 32.7 Å². The lowest BCUT2D eigenvalue weighted by atomic mass is 10.2. The second-order valence-corrected chi connectivity index (χ2v) is 8.51. The van der Waals surface area contributed by atoms with Gasteiger partial charge in [0.25, 0.3) is 5.44 Å². The van der Waals surface area contributed by atoms with Gasteiger partial charge in [0.2, 0.25) is 0 Å². The average Bonchev–Trinajstić information content (AvgIpc) is 2.68. The van der Waals surface area contributed by atoms with Gasteiger partial charge in [-0.05, 0) is 72.8 Å². The quantitative estimate of drug-likeness (QED) is 0.442. The first kappa shape index (κ1) is 19.1. The molecule has 0 bridgehead atoms. The number of hydrogen-bond donors (Lipinski definition) is 0. The Morgan fingerprint density at radius 3 is 1.54 bits per heavy atom. The minimum absolute atomic E-state index is 0.136. The minimum atomic E-state index is -0.345. The molecule has 26 heavy (non-hydrogen) atoms. The van der Waals surface area contributed by atoms with Crippen LogP contribution in [0.25, 0.3) is 0 Å². The van der Waals surface area contributed by atoms with E-state index in [1.807, 2.05) is 48.5 Å². The summed E-state index contributed by atoms with van der Waals surface area (Å²) in [6.07, 6.45) is 0. The van der Waals surface area contributed by atoms with Gasteiger partial charge in [0.15, 0.2) is 9.79 Å². The second kappa shape index (κ2) is 8.83. The van der Waals surface area contributed by atoms with Gasteiger partial charge < -0.3 is 9.47 Å². The lowest BCUT2D eigenvalue weighted by Crippen LogP contribution is -2.17. The molecule has 0 spiro atoms. The molecule has 5 heteroatoms. The Hall–Kier alpha value is -1.65. The Labute approximate surface area is 167 Å². The third-order valence-corrected chi connectivity index (χ3v) is 6.91. The lowest BCUT2D eigenvalue weighted by molar-refractivity contribution is 0.172. The Kier molecular flexibility index (Phi) is 6.49. The highest BCUT2D eigenvalue weighted by Gasteiger charge is 2.37. The first-order chi connectivity index (χ1) is 12.6. The maximum atomic E-state index is 6.09. The molecule has 0 aromatic heterocycles. The molecular weight excluding hydrogens is 387 g/mol. The summed E-state index contributed by atoms with van der Waals surface area (Å²) in [5.41, 5.74) is 0.949. The molecule has 0 aliphatic rings. The Bertz CT molecular complexity index is 788. The summed E-state index contributed by atoms with van der Waals surface area (Å²) in [4.78, 5) is 2.30. The van der Waals surface area contributed by atoms with E-state index in [9.17, 15) is 0 Å². The Balaban J connectivity index is 2.07. The summed E-state index contributed by atoms with van der Waals surface area (Å²) >= 11 is 12.2. The third kappa shape index (κ3) is 4.36. The van der Waals surface area contributed by atoms with Crippen LogP contribution in [0.15, 0.2) is 82.6 Å². The van der Waals surface area contributed by atoms with Crippen LogP contribution in [-0.4, -0.2) is 14.2 Å². The normalized spacial score (nSPS) is 12.2. The number of halogens is 2. The molecule has 0 aliphatic heterocycles. The number of benzene rings is 3. The van der Waals surface area contributed by atoms with Crippen LogP contribution in [0.3, 0.4) is 0 Å². The zero-order valence-corrected chi connectivity index (χ0v) is 16.8. The molecule has 2 nitrogen and oxygen atoms in total. The van der Waals surface area contributed by atoms with Crippen LogP contribution in [0.1, 0.15) is 11.0 Å². The topological polar surface area (TPSA) is 18.5 Å². The molecule has 3 aromatic rings. The van der Waals surface area contributed by atoms with Crippen LogP contribution < -0.4 is 4.74 Å². The number of hydrogen-bond acceptors (Lipinski definition) is 2. The highest BCUT2D eigenvalue weighted by atomic mass is 35.5. The molecular formula is C21H19Cl2O2S+. The van der Waals surface area contributed by atoms with Crippen molar-refractivity contribution in [1.82, 2.24) is 0 Å². The molecule has 3 aromatic carbocycles. The van der Waals surface area contributed by atoms with Crippen LogP contribution in [0.4, 0.5) is 0 Å². The summed E-state index contributed by atoms with van der Waals surface area (Å²) in [6, 6.07) is 23.8. The van der Waals surface area contributed by atoms with Crippen molar-refractivity contribution < 1.29 is 9.47 Å². The van der Waals surface area contributed by atoms with E-state index >= 15 is 0 Å². The average molecular weight is 406 g/mol. The van der Waals surface area contributed by atoms with E-state index in [0.717, 1.165) is 21.1 Å². The SMILES string of the molecule is COc1ccc(C(OC)[S+](c2ccc(Cl)cc2)c2ccc(Cl)cc2)cc1. The standard InChI is InChI=1S/C21H19Cl2O2S/c1-24-18-9-3-15(4-10-18)21(25-2)26(19-11-5-16(22)6-12-19)20-13-7-17(23)8-14-20/h3-14,21H,1-2H3/q+1. The maximum Gasteiger partial charge on any atom is 0.255 e. The monoisotopic (exact) mass is 405 g/mol. The Morgan fingerprint density at radius 2 is 1.15 bits per heavy atom. The van der Waals surface area contributed by atoms with E-state index in [1.165, 1.54) is 0 Å². The molecule has 0 amide bonds. The van der Waals surface area contributed by atoms with E-state index in [1.54, 1.807) is 14.2 Å². The molecule has 0 N–H and O–H groups in total. The van der Waals surface area contributed by atoms with E-state index in [2.05, 4.69) is 24.3 Å². The predicted octanol–water partition coefficient (Wildman–Crippen LogP) is 6.38. The number of rotatable bonds is 6. The van der Waals surface area contributed by atoms with Crippen molar-refractivity contribution in [3.8, 4) is 5.75 Å². The molecule has 0 heterocycles. The van der Waals surface area contributed by atoms with Gasteiger partial charge in [0, 0.05) is 22.7 Å². The fourth-order valence-electron chi connectivity index (χ4n) is 2.68. The second-order valence-electron chi connectivity index (χ2n) is 5.59. The first-order valence-corrected chi connectivity index (χ1v) is 10.1. The van der Waals surface area contributed by atoms with Gasteiger partial charge in [-0.2, -0.15) is 0 Å². The Morgan fingerprint density at radius 1 is 0.692 bits per heavy atom. The van der Waals surface area contributed by atoms with E-state index in [0.29, 0.717) is 10.0 Å². The van der Waals surface area contributed by atoms with Crippen LogP contribution in [0.2, 0.25) is 10.0 Å². The molecule has 0 fully saturated rings. The smallest absolute Gasteiger partial charge is 0.255 e. The van der Waals surface area contributed by atoms with Crippen molar-refractivity contribution in [2.24, 2.45) is 0 Å². The van der Waals surface area contributed by atoms with Gasteiger partial charge in [-0.3, -0.25) is 0 Å². The molecule has 1 unspecified atom stereocenters. The van der Waals surface area contributed by atoms with Crippen LogP contribution in [-0.2, 0) is 15.6 Å². The van der Waals surface area contributed by atoms with Crippen molar-refractivity contribution >= 4 is 34.1 Å². The number of ether oxygens (including phenoxy) is 2. The fourth-order valence-corrected chi connectivity index (χ4v) is 5.17. The summed E-state index contributed by atoms with van der Waals surface area (Å²) in [6.45, 7) is 0. The lowest BCUT2D eigenvalue weighted by Gasteiger charge is -2.18. The molecule has 1 atom stereocenters. The summed E-state index contributed by atoms with van der Waals surface area (Å²) in [5.74, 6) is 0.821. The van der Waals surface area contributed by atoms with Gasteiger partial charge >= 0.3 is 0 Å². The van der Waals surface area contributed by atoms with E-state index < -0.39 is 0 Å². The van der Waals surface area contributed by atoms with Crippen molar-refractivity contribution in [3.63, 3.8) is 0 Å². The highest BCUT2D eigenvalue weighted by Crippen LogP contribution is 2.38. The van der Waals surface area contributed by atoms with Gasteiger partial charge in [-0.25, -0.2) is 0 Å².